The Kier molecular flexibility index (Phi) is 12.6. The molecule has 7 aromatic rings. The van der Waals surface area contributed by atoms with Crippen molar-refractivity contribution in [3.05, 3.63) is 142 Å². The average Bonchev–Trinajstić information content (AvgIpc) is 4.04. The third-order valence-corrected chi connectivity index (χ3v) is 10.8. The third kappa shape index (κ3) is 10.6. The maximum atomic E-state index is 14.3. The summed E-state index contributed by atoms with van der Waals surface area (Å²) in [5.74, 6) is 1.64. The number of nitrogens with zero attached hydrogens (tertiary/aromatic N) is 10. The summed E-state index contributed by atoms with van der Waals surface area (Å²) in [5.41, 5.74) is 6.93. The number of methoxy groups -OCH3 is 2. The molecule has 0 amide bonds. The molecule has 0 unspecified atom stereocenters. The topological polar surface area (TPSA) is 145 Å². The van der Waals surface area contributed by atoms with Crippen molar-refractivity contribution in [2.24, 2.45) is 11.8 Å². The summed E-state index contributed by atoms with van der Waals surface area (Å²) in [4.78, 5) is 0. The van der Waals surface area contributed by atoms with E-state index in [0.717, 1.165) is 59.0 Å². The molecule has 1 N–H and O–H groups in total. The molecule has 318 valence electrons. The minimum atomic E-state index is -0.835. The first-order valence-electron chi connectivity index (χ1n) is 20.6. The Balaban J connectivity index is 0.000000173. The van der Waals surface area contributed by atoms with Crippen LogP contribution in [0.2, 0.25) is 0 Å². The van der Waals surface area contributed by atoms with E-state index < -0.39 is 11.9 Å². The number of aliphatic hydroxyl groups is 1. The molecule has 2 fully saturated rings. The summed E-state index contributed by atoms with van der Waals surface area (Å²) < 4.78 is 52.0. The SMILES string of the molecule is COc1cc(Cc2cn(CC3CC3)nn2)n(-c2ccc(F)cc2[C@@H](C)O)n1.COc1cc(Cc2cn(CC3CC3)nn2)n(-c2ccc(F)cc2[C@@H](C)OCc2ccccc2)n1. The Morgan fingerprint density at radius 3 is 1.64 bits per heavy atom. The zero-order chi connectivity index (χ0) is 42.5. The van der Waals surface area contributed by atoms with Gasteiger partial charge in [0.2, 0.25) is 11.8 Å². The molecule has 14 nitrogen and oxygen atoms in total. The molecule has 0 radical (unpaired) electrons. The Morgan fingerprint density at radius 2 is 1.16 bits per heavy atom. The molecule has 0 saturated heterocycles. The van der Waals surface area contributed by atoms with Gasteiger partial charge in [0.25, 0.3) is 0 Å². The number of benzene rings is 3. The Labute approximate surface area is 352 Å². The molecule has 61 heavy (non-hydrogen) atoms. The highest BCUT2D eigenvalue weighted by Crippen LogP contribution is 2.33. The van der Waals surface area contributed by atoms with E-state index in [2.05, 4.69) is 30.8 Å². The summed E-state index contributed by atoms with van der Waals surface area (Å²) in [6.45, 7) is 5.76. The Morgan fingerprint density at radius 1 is 0.672 bits per heavy atom. The van der Waals surface area contributed by atoms with Crippen LogP contribution >= 0.6 is 0 Å². The fourth-order valence-electron chi connectivity index (χ4n) is 7.16. The van der Waals surface area contributed by atoms with E-state index >= 15 is 0 Å². The zero-order valence-corrected chi connectivity index (χ0v) is 34.7. The van der Waals surface area contributed by atoms with Gasteiger partial charge in [0.1, 0.15) is 11.6 Å². The van der Waals surface area contributed by atoms with Crippen molar-refractivity contribution in [3.8, 4) is 23.1 Å². The number of rotatable bonds is 17. The first kappa shape index (κ1) is 41.5. The lowest BCUT2D eigenvalue weighted by Gasteiger charge is -2.19. The minimum Gasteiger partial charge on any atom is -0.480 e. The predicted octanol–water partition coefficient (Wildman–Crippen LogP) is 7.56. The lowest BCUT2D eigenvalue weighted by molar-refractivity contribution is 0.0522. The first-order valence-corrected chi connectivity index (χ1v) is 20.6. The van der Waals surface area contributed by atoms with Crippen LogP contribution in [0.1, 0.15) is 91.2 Å². The van der Waals surface area contributed by atoms with Crippen LogP contribution in [0.15, 0.2) is 91.3 Å². The second-order valence-corrected chi connectivity index (χ2v) is 15.8. The van der Waals surface area contributed by atoms with E-state index in [1.54, 1.807) is 42.6 Å². The number of hydrogen-bond acceptors (Lipinski definition) is 10. The van der Waals surface area contributed by atoms with E-state index in [1.807, 2.05) is 71.1 Å². The lowest BCUT2D eigenvalue weighted by atomic mass is 10.1. The molecule has 3 aromatic carbocycles. The maximum Gasteiger partial charge on any atom is 0.233 e. The highest BCUT2D eigenvalue weighted by molar-refractivity contribution is 5.46. The standard InChI is InChI=1S/C26H28FN5O2.C19H22FN5O2/c1-18(34-17-20-6-4-3-5-7-20)24-12-21(27)10-11-25(24)32-23(14-26(29-32)33-2)13-22-16-31(30-28-22)15-19-8-9-19;1-12(26)17-7-14(20)5-6-18(17)25-16(9-19(22-25)27-2)8-15-11-24(23-21-15)10-13-3-4-13/h3-7,10-12,14,16,18-19H,8-9,13,15,17H2,1-2H3;5-7,9,11-13,26H,3-4,8,10H2,1-2H3/t18-;12-/m11/s1. The van der Waals surface area contributed by atoms with Crippen LogP contribution in [0.3, 0.4) is 0 Å². The van der Waals surface area contributed by atoms with E-state index in [4.69, 9.17) is 14.2 Å². The summed E-state index contributed by atoms with van der Waals surface area (Å²) in [7, 11) is 3.13. The Bertz CT molecular complexity index is 2540. The van der Waals surface area contributed by atoms with Crippen molar-refractivity contribution in [3.63, 3.8) is 0 Å². The minimum absolute atomic E-state index is 0.322. The molecule has 0 spiro atoms. The van der Waals surface area contributed by atoms with Crippen molar-refractivity contribution in [2.45, 2.75) is 84.3 Å². The monoisotopic (exact) mass is 832 g/mol. The molecule has 2 saturated carbocycles. The quantitative estimate of drug-likeness (QED) is 0.0977. The first-order chi connectivity index (χ1) is 29.6. The van der Waals surface area contributed by atoms with Gasteiger partial charge >= 0.3 is 0 Å². The van der Waals surface area contributed by atoms with Gasteiger partial charge in [0.15, 0.2) is 0 Å². The van der Waals surface area contributed by atoms with Gasteiger partial charge in [-0.05, 0) is 93.3 Å². The van der Waals surface area contributed by atoms with Crippen molar-refractivity contribution in [1.29, 1.82) is 0 Å². The maximum absolute atomic E-state index is 14.3. The van der Waals surface area contributed by atoms with E-state index in [0.29, 0.717) is 48.0 Å². The average molecular weight is 833 g/mol. The van der Waals surface area contributed by atoms with Crippen molar-refractivity contribution < 1.29 is 28.1 Å². The van der Waals surface area contributed by atoms with E-state index in [-0.39, 0.29) is 11.9 Å². The number of halogens is 2. The van der Waals surface area contributed by atoms with Crippen molar-refractivity contribution in [1.82, 2.24) is 49.5 Å². The second kappa shape index (κ2) is 18.6. The molecular weight excluding hydrogens is 783 g/mol. The van der Waals surface area contributed by atoms with Gasteiger partial charge in [-0.3, -0.25) is 9.36 Å². The summed E-state index contributed by atoms with van der Waals surface area (Å²) in [6, 6.07) is 22.6. The molecule has 0 aliphatic heterocycles. The molecule has 4 aromatic heterocycles. The fourth-order valence-corrected chi connectivity index (χ4v) is 7.16. The highest BCUT2D eigenvalue weighted by atomic mass is 19.1. The van der Waals surface area contributed by atoms with Crippen LogP contribution in [-0.2, 0) is 37.3 Å². The number of hydrogen-bond donors (Lipinski definition) is 1. The van der Waals surface area contributed by atoms with Crippen LogP contribution in [-0.4, -0.2) is 68.9 Å². The largest absolute Gasteiger partial charge is 0.480 e. The molecular formula is C45H50F2N10O4. The van der Waals surface area contributed by atoms with Crippen molar-refractivity contribution in [2.75, 3.05) is 14.2 Å². The molecule has 2 aliphatic carbocycles. The van der Waals surface area contributed by atoms with Gasteiger partial charge in [0, 0.05) is 61.6 Å². The zero-order valence-electron chi connectivity index (χ0n) is 34.7. The fraction of sp³-hybridized carbons (Fsp3) is 0.378. The third-order valence-electron chi connectivity index (χ3n) is 10.8. The van der Waals surface area contributed by atoms with Gasteiger partial charge in [-0.25, -0.2) is 18.1 Å². The smallest absolute Gasteiger partial charge is 0.233 e. The van der Waals surface area contributed by atoms with Crippen molar-refractivity contribution >= 4 is 0 Å². The van der Waals surface area contributed by atoms with Gasteiger partial charge in [-0.2, -0.15) is 0 Å². The van der Waals surface area contributed by atoms with Gasteiger partial charge in [-0.15, -0.1) is 20.4 Å². The molecule has 2 atom stereocenters. The molecule has 4 heterocycles. The number of aromatic nitrogens is 10. The van der Waals surface area contributed by atoms with E-state index in [9.17, 15) is 13.9 Å². The van der Waals surface area contributed by atoms with Gasteiger partial charge in [-0.1, -0.05) is 40.8 Å². The molecule has 2 aliphatic rings. The summed E-state index contributed by atoms with van der Waals surface area (Å²) >= 11 is 0. The van der Waals surface area contributed by atoms with Crippen LogP contribution in [0, 0.1) is 23.5 Å². The van der Waals surface area contributed by atoms with Gasteiger partial charge < -0.3 is 19.3 Å². The normalized spacial score (nSPS) is 14.7. The summed E-state index contributed by atoms with van der Waals surface area (Å²) in [5, 5.41) is 36.2. The molecule has 9 rings (SSSR count). The lowest BCUT2D eigenvalue weighted by Crippen LogP contribution is -2.10. The Hall–Kier alpha value is -6.26. The van der Waals surface area contributed by atoms with Crippen LogP contribution in [0.5, 0.6) is 11.8 Å². The number of aliphatic hydroxyl groups excluding tert-OH is 1. The second-order valence-electron chi connectivity index (χ2n) is 15.8. The van der Waals surface area contributed by atoms with Crippen LogP contribution < -0.4 is 9.47 Å². The molecule has 0 bridgehead atoms. The molecule has 16 heteroatoms. The van der Waals surface area contributed by atoms with Crippen LogP contribution in [0.25, 0.3) is 11.4 Å². The van der Waals surface area contributed by atoms with Gasteiger partial charge in [0.05, 0.1) is 67.2 Å². The van der Waals surface area contributed by atoms with Crippen LogP contribution in [0.4, 0.5) is 8.78 Å². The van der Waals surface area contributed by atoms with E-state index in [1.165, 1.54) is 49.9 Å². The highest BCUT2D eigenvalue weighted by Gasteiger charge is 2.25. The number of ether oxygens (including phenoxy) is 3. The predicted molar refractivity (Wildman–Crippen MR) is 222 cm³/mol. The summed E-state index contributed by atoms with van der Waals surface area (Å²) in [6.07, 6.45) is 8.80.